The molecular weight excluding hydrogens is 464 g/mol. The fraction of sp³-hybridized carbons (Fsp3) is 0.370. The molecule has 3 atom stereocenters. The van der Waals surface area contributed by atoms with Crippen molar-refractivity contribution in [2.45, 2.75) is 56.2 Å². The first kappa shape index (κ1) is 23.3. The Bertz CT molecular complexity index is 1310. The number of hydrogen-bond donors (Lipinski definition) is 2. The van der Waals surface area contributed by atoms with Crippen LogP contribution in [-0.4, -0.2) is 20.4 Å². The molecule has 3 unspecified atom stereocenters. The van der Waals surface area contributed by atoms with Crippen LogP contribution in [0.15, 0.2) is 58.8 Å². The van der Waals surface area contributed by atoms with Crippen LogP contribution in [-0.2, 0) is 34.1 Å². The van der Waals surface area contributed by atoms with Gasteiger partial charge in [-0.3, -0.25) is 4.79 Å². The molecule has 1 fully saturated rings. The third kappa shape index (κ3) is 4.97. The van der Waals surface area contributed by atoms with Gasteiger partial charge in [-0.15, -0.1) is 11.3 Å². The lowest BCUT2D eigenvalue weighted by molar-refractivity contribution is -0.115. The quantitative estimate of drug-likeness (QED) is 0.505. The molecule has 34 heavy (non-hydrogen) atoms. The predicted octanol–water partition coefficient (Wildman–Crippen LogP) is 5.02. The summed E-state index contributed by atoms with van der Waals surface area (Å²) in [6.45, 7) is 3.96. The number of thiophene rings is 1. The van der Waals surface area contributed by atoms with Crippen LogP contribution < -0.4 is 10.0 Å². The lowest BCUT2D eigenvalue weighted by Gasteiger charge is -2.23. The van der Waals surface area contributed by atoms with Crippen LogP contribution in [0.1, 0.15) is 40.0 Å². The molecule has 5 nitrogen and oxygen atoms in total. The number of anilines is 1. The van der Waals surface area contributed by atoms with Crippen LogP contribution in [0.4, 0.5) is 5.69 Å². The lowest BCUT2D eigenvalue weighted by atomic mass is 9.93. The van der Waals surface area contributed by atoms with Gasteiger partial charge in [0.05, 0.1) is 6.42 Å². The predicted molar refractivity (Wildman–Crippen MR) is 137 cm³/mol. The van der Waals surface area contributed by atoms with E-state index in [1.54, 1.807) is 6.07 Å². The Labute approximate surface area is 205 Å². The molecule has 2 bridgehead atoms. The van der Waals surface area contributed by atoms with E-state index in [0.29, 0.717) is 16.5 Å². The first-order valence-corrected chi connectivity index (χ1v) is 14.1. The molecule has 2 aliphatic carbocycles. The summed E-state index contributed by atoms with van der Waals surface area (Å²) < 4.78 is 29.5. The number of fused-ring (bicyclic) bond motifs is 3. The zero-order valence-electron chi connectivity index (χ0n) is 19.5. The normalized spacial score (nSPS) is 21.6. The molecule has 1 saturated carbocycles. The molecule has 0 saturated heterocycles. The van der Waals surface area contributed by atoms with Crippen molar-refractivity contribution in [1.82, 2.24) is 4.72 Å². The summed E-state index contributed by atoms with van der Waals surface area (Å²) in [5, 5.41) is 3.04. The van der Waals surface area contributed by atoms with Crippen molar-refractivity contribution < 1.29 is 13.2 Å². The van der Waals surface area contributed by atoms with Gasteiger partial charge in [-0.2, -0.15) is 0 Å². The van der Waals surface area contributed by atoms with Crippen LogP contribution >= 0.6 is 11.3 Å². The minimum Gasteiger partial charge on any atom is -0.326 e. The van der Waals surface area contributed by atoms with Crippen LogP contribution in [0.2, 0.25) is 0 Å². The fourth-order valence-electron chi connectivity index (χ4n) is 5.37. The average molecular weight is 495 g/mol. The van der Waals surface area contributed by atoms with Gasteiger partial charge in [0.1, 0.15) is 4.21 Å². The van der Waals surface area contributed by atoms with Crippen LogP contribution in [0.25, 0.3) is 0 Å². The van der Waals surface area contributed by atoms with Crippen molar-refractivity contribution in [1.29, 1.82) is 0 Å². The molecular formula is C27H30N2O3S2. The number of amides is 1. The van der Waals surface area contributed by atoms with Crippen molar-refractivity contribution in [2.24, 2.45) is 11.8 Å². The van der Waals surface area contributed by atoms with Crippen molar-refractivity contribution in [3.8, 4) is 0 Å². The van der Waals surface area contributed by atoms with Crippen molar-refractivity contribution in [3.05, 3.63) is 81.7 Å². The Morgan fingerprint density at radius 2 is 1.65 bits per heavy atom. The van der Waals surface area contributed by atoms with Crippen LogP contribution in [0.5, 0.6) is 0 Å². The first-order valence-electron chi connectivity index (χ1n) is 11.8. The highest BCUT2D eigenvalue weighted by molar-refractivity contribution is 7.91. The summed E-state index contributed by atoms with van der Waals surface area (Å²) in [6, 6.07) is 17.7. The van der Waals surface area contributed by atoms with Gasteiger partial charge in [-0.1, -0.05) is 35.9 Å². The topological polar surface area (TPSA) is 75.3 Å². The molecule has 0 radical (unpaired) electrons. The van der Waals surface area contributed by atoms with E-state index in [1.165, 1.54) is 28.0 Å². The van der Waals surface area contributed by atoms with E-state index >= 15 is 0 Å². The smallest absolute Gasteiger partial charge is 0.250 e. The first-order chi connectivity index (χ1) is 16.3. The van der Waals surface area contributed by atoms with Crippen molar-refractivity contribution >= 4 is 33.0 Å². The summed E-state index contributed by atoms with van der Waals surface area (Å²) >= 11 is 1.32. The summed E-state index contributed by atoms with van der Waals surface area (Å²) in [5.41, 5.74) is 5.46. The van der Waals surface area contributed by atoms with E-state index in [1.807, 2.05) is 50.2 Å². The molecule has 2 aromatic carbocycles. The molecule has 7 heteroatoms. The zero-order valence-corrected chi connectivity index (χ0v) is 21.1. The molecule has 1 heterocycles. The minimum atomic E-state index is -3.51. The molecule has 5 rings (SSSR count). The zero-order chi connectivity index (χ0) is 23.9. The van der Waals surface area contributed by atoms with Crippen LogP contribution in [0, 0.1) is 25.7 Å². The van der Waals surface area contributed by atoms with Gasteiger partial charge in [0.25, 0.3) is 0 Å². The molecule has 2 aliphatic rings. The average Bonchev–Trinajstić information content (AvgIpc) is 3.33. The Kier molecular flexibility index (Phi) is 6.35. The number of aryl methyl sites for hydroxylation is 2. The number of rotatable bonds is 6. The molecule has 178 valence electrons. The van der Waals surface area contributed by atoms with Gasteiger partial charge in [-0.05, 0) is 92.3 Å². The van der Waals surface area contributed by atoms with E-state index < -0.39 is 10.0 Å². The van der Waals surface area contributed by atoms with Gasteiger partial charge in [0.2, 0.25) is 15.9 Å². The number of nitrogens with one attached hydrogen (secondary N) is 2. The summed E-state index contributed by atoms with van der Waals surface area (Å²) in [6.07, 6.45) is 4.08. The Balaban J connectivity index is 1.29. The number of benzene rings is 2. The van der Waals surface area contributed by atoms with Gasteiger partial charge < -0.3 is 5.32 Å². The number of carbonyl (C=O) groups is 1. The number of carbonyl (C=O) groups excluding carboxylic acids is 1. The van der Waals surface area contributed by atoms with E-state index in [4.69, 9.17) is 0 Å². The van der Waals surface area contributed by atoms with E-state index in [2.05, 4.69) is 22.2 Å². The molecule has 0 aliphatic heterocycles. The van der Waals surface area contributed by atoms with Gasteiger partial charge in [-0.25, -0.2) is 13.1 Å². The molecule has 2 N–H and O–H groups in total. The van der Waals surface area contributed by atoms with Gasteiger partial charge >= 0.3 is 0 Å². The monoisotopic (exact) mass is 494 g/mol. The highest BCUT2D eigenvalue weighted by Gasteiger charge is 2.41. The van der Waals surface area contributed by atoms with E-state index in [0.717, 1.165) is 41.8 Å². The largest absolute Gasteiger partial charge is 0.326 e. The molecule has 0 spiro atoms. The van der Waals surface area contributed by atoms with Gasteiger partial charge in [0, 0.05) is 16.6 Å². The van der Waals surface area contributed by atoms with E-state index in [9.17, 15) is 13.2 Å². The lowest BCUT2D eigenvalue weighted by Crippen LogP contribution is -2.41. The third-order valence-electron chi connectivity index (χ3n) is 7.14. The van der Waals surface area contributed by atoms with Crippen molar-refractivity contribution in [3.63, 3.8) is 0 Å². The summed E-state index contributed by atoms with van der Waals surface area (Å²) in [4.78, 5) is 13.6. The highest BCUT2D eigenvalue weighted by Crippen LogP contribution is 2.41. The van der Waals surface area contributed by atoms with E-state index in [-0.39, 0.29) is 17.9 Å². The molecule has 1 amide bonds. The maximum atomic E-state index is 13.0. The third-order valence-corrected chi connectivity index (χ3v) is 10.1. The van der Waals surface area contributed by atoms with Gasteiger partial charge in [0.15, 0.2) is 0 Å². The fourth-order valence-corrected chi connectivity index (χ4v) is 8.04. The maximum Gasteiger partial charge on any atom is 0.250 e. The summed E-state index contributed by atoms with van der Waals surface area (Å²) in [7, 11) is -3.51. The Morgan fingerprint density at radius 3 is 2.32 bits per heavy atom. The second kappa shape index (κ2) is 9.29. The standard InChI is InChI=1S/C27H30N2O3S2/c1-17-3-6-19(7-4-17)13-25(30)28-24-11-10-20-14-21-8-9-22(15-23(20)16-24)27(21)29-34(31,32)26-12-5-18(2)33-26/h3-7,10-12,16,21-22,27,29H,8-9,13-15H2,1-2H3,(H,28,30). The number of sulfonamides is 1. The maximum absolute atomic E-state index is 13.0. The Morgan fingerprint density at radius 1 is 0.941 bits per heavy atom. The second-order valence-corrected chi connectivity index (χ2v) is 12.9. The molecule has 1 aromatic heterocycles. The number of hydrogen-bond acceptors (Lipinski definition) is 4. The SMILES string of the molecule is Cc1ccc(CC(=O)Nc2ccc3c(c2)CC2CCC(C3)C2NS(=O)(=O)c2ccc(C)s2)cc1. The summed E-state index contributed by atoms with van der Waals surface area (Å²) in [5.74, 6) is 0.528. The molecule has 3 aromatic rings. The van der Waals surface area contributed by atoms with Crippen LogP contribution in [0.3, 0.4) is 0 Å². The highest BCUT2D eigenvalue weighted by atomic mass is 32.2. The minimum absolute atomic E-state index is 0.0316. The second-order valence-electron chi connectivity index (χ2n) is 9.71. The van der Waals surface area contributed by atoms with Crippen molar-refractivity contribution in [2.75, 3.05) is 5.32 Å². The Hall–Kier alpha value is -2.48.